The van der Waals surface area contributed by atoms with Crippen molar-refractivity contribution in [2.75, 3.05) is 6.54 Å². The van der Waals surface area contributed by atoms with E-state index in [-0.39, 0.29) is 11.3 Å². The minimum atomic E-state index is -1.03. The standard InChI is InChI=1S/C17H17N5O4/c1-17(18-7-10(8-19-17)16(23)24)21-5-4-15-13(9-21)12-6-11(22(25)26)2-3-14(12)20-15/h2-3,6-8,18,20H,4-5,9H2,1H3,(H,23,24). The van der Waals surface area contributed by atoms with Gasteiger partial charge in [0.1, 0.15) is 0 Å². The van der Waals surface area contributed by atoms with Gasteiger partial charge >= 0.3 is 5.97 Å². The summed E-state index contributed by atoms with van der Waals surface area (Å²) in [6, 6.07) is 4.82. The molecule has 0 amide bonds. The molecule has 0 spiro atoms. The summed E-state index contributed by atoms with van der Waals surface area (Å²) in [6.45, 7) is 3.15. The van der Waals surface area contributed by atoms with Crippen molar-refractivity contribution in [3.05, 3.63) is 51.3 Å². The van der Waals surface area contributed by atoms with Crippen LogP contribution >= 0.6 is 0 Å². The molecule has 1 atom stereocenters. The number of carboxylic acids is 1. The van der Waals surface area contributed by atoms with Crippen LogP contribution in [0.5, 0.6) is 0 Å². The number of H-pyrrole nitrogens is 1. The van der Waals surface area contributed by atoms with Crippen LogP contribution < -0.4 is 5.32 Å². The molecule has 4 rings (SSSR count). The number of hydrogen-bond donors (Lipinski definition) is 3. The summed E-state index contributed by atoms with van der Waals surface area (Å²) >= 11 is 0. The highest BCUT2D eigenvalue weighted by molar-refractivity contribution is 6.08. The Bertz CT molecular complexity index is 992. The van der Waals surface area contributed by atoms with Gasteiger partial charge in [0.05, 0.1) is 10.5 Å². The fourth-order valence-electron chi connectivity index (χ4n) is 3.46. The minimum absolute atomic E-state index is 0.0606. The fraction of sp³-hybridized carbons (Fsp3) is 0.294. The highest BCUT2D eigenvalue weighted by atomic mass is 16.6. The molecule has 0 radical (unpaired) electrons. The van der Waals surface area contributed by atoms with Gasteiger partial charge in [0, 0.05) is 60.7 Å². The van der Waals surface area contributed by atoms with Crippen molar-refractivity contribution in [2.24, 2.45) is 4.99 Å². The average molecular weight is 355 g/mol. The van der Waals surface area contributed by atoms with E-state index in [0.717, 1.165) is 35.1 Å². The highest BCUT2D eigenvalue weighted by Crippen LogP contribution is 2.33. The third-order valence-corrected chi connectivity index (χ3v) is 4.99. The summed E-state index contributed by atoms with van der Waals surface area (Å²) in [5, 5.41) is 24.0. The minimum Gasteiger partial charge on any atom is -0.478 e. The lowest BCUT2D eigenvalue weighted by Gasteiger charge is -2.41. The number of non-ortho nitro benzene ring substituents is 1. The lowest BCUT2D eigenvalue weighted by molar-refractivity contribution is -0.384. The van der Waals surface area contributed by atoms with Crippen LogP contribution in [0.4, 0.5) is 5.69 Å². The molecule has 2 aromatic rings. The molecule has 9 nitrogen and oxygen atoms in total. The lowest BCUT2D eigenvalue weighted by atomic mass is 10.0. The molecule has 2 aliphatic heterocycles. The topological polar surface area (TPSA) is 124 Å². The number of aromatic nitrogens is 1. The van der Waals surface area contributed by atoms with Gasteiger partial charge in [0.2, 0.25) is 0 Å². The van der Waals surface area contributed by atoms with E-state index in [1.807, 2.05) is 6.92 Å². The summed E-state index contributed by atoms with van der Waals surface area (Å²) < 4.78 is 0. The molecule has 0 fully saturated rings. The van der Waals surface area contributed by atoms with Gasteiger partial charge in [-0.3, -0.25) is 15.0 Å². The van der Waals surface area contributed by atoms with E-state index in [1.54, 1.807) is 12.1 Å². The number of aliphatic imine (C=N–C) groups is 1. The molecule has 1 aromatic carbocycles. The van der Waals surface area contributed by atoms with Crippen LogP contribution in [0, 0.1) is 10.1 Å². The molecule has 0 aliphatic carbocycles. The summed E-state index contributed by atoms with van der Waals surface area (Å²) in [5.41, 5.74) is 3.12. The van der Waals surface area contributed by atoms with Gasteiger partial charge in [-0.1, -0.05) is 0 Å². The van der Waals surface area contributed by atoms with Crippen LogP contribution in [-0.4, -0.2) is 44.4 Å². The van der Waals surface area contributed by atoms with Crippen molar-refractivity contribution in [3.8, 4) is 0 Å². The normalized spacial score (nSPS) is 22.6. The Morgan fingerprint density at radius 1 is 1.46 bits per heavy atom. The number of nitro groups is 1. The van der Waals surface area contributed by atoms with Crippen molar-refractivity contribution in [2.45, 2.75) is 25.7 Å². The molecule has 3 heterocycles. The van der Waals surface area contributed by atoms with Crippen molar-refractivity contribution in [1.82, 2.24) is 15.2 Å². The Kier molecular flexibility index (Phi) is 3.55. The summed E-state index contributed by atoms with van der Waals surface area (Å²) in [5.74, 6) is -1.80. The number of aliphatic carboxylic acids is 1. The molecule has 1 unspecified atom stereocenters. The summed E-state index contributed by atoms with van der Waals surface area (Å²) in [7, 11) is 0. The fourth-order valence-corrected chi connectivity index (χ4v) is 3.46. The molecular formula is C17H17N5O4. The zero-order valence-corrected chi connectivity index (χ0v) is 14.0. The monoisotopic (exact) mass is 355 g/mol. The smallest absolute Gasteiger partial charge is 0.338 e. The predicted octanol–water partition coefficient (Wildman–Crippen LogP) is 1.75. The van der Waals surface area contributed by atoms with Crippen molar-refractivity contribution in [3.63, 3.8) is 0 Å². The largest absolute Gasteiger partial charge is 0.478 e. The highest BCUT2D eigenvalue weighted by Gasteiger charge is 2.35. The predicted molar refractivity (Wildman–Crippen MR) is 94.8 cm³/mol. The van der Waals surface area contributed by atoms with Crippen LogP contribution in [0.15, 0.2) is 35.0 Å². The van der Waals surface area contributed by atoms with Crippen LogP contribution in [0.25, 0.3) is 10.9 Å². The second kappa shape index (κ2) is 5.67. The molecule has 0 saturated carbocycles. The third-order valence-electron chi connectivity index (χ3n) is 4.99. The first-order chi connectivity index (χ1) is 12.4. The van der Waals surface area contributed by atoms with Gasteiger partial charge in [-0.2, -0.15) is 0 Å². The number of benzene rings is 1. The number of aromatic amines is 1. The van der Waals surface area contributed by atoms with Crippen LogP contribution in [0.1, 0.15) is 18.2 Å². The first-order valence-electron chi connectivity index (χ1n) is 8.17. The number of carboxylic acid groups (broad SMARTS) is 1. The van der Waals surface area contributed by atoms with Gasteiger partial charge in [-0.25, -0.2) is 9.79 Å². The number of nitrogens with zero attached hydrogens (tertiary/aromatic N) is 3. The van der Waals surface area contributed by atoms with Gasteiger partial charge < -0.3 is 15.4 Å². The average Bonchev–Trinajstić information content (AvgIpc) is 2.99. The zero-order valence-electron chi connectivity index (χ0n) is 14.0. The van der Waals surface area contributed by atoms with Crippen molar-refractivity contribution < 1.29 is 14.8 Å². The maximum atomic E-state index is 11.1. The lowest BCUT2D eigenvalue weighted by Crippen LogP contribution is -2.56. The maximum absolute atomic E-state index is 11.1. The molecule has 9 heteroatoms. The SMILES string of the molecule is CC1(N2CCc3[nH]c4ccc([N+](=O)[O-])cc4c3C2)N=CC(C(=O)O)=CN1. The first-order valence-corrected chi connectivity index (χ1v) is 8.17. The molecule has 1 aromatic heterocycles. The molecule has 134 valence electrons. The molecular weight excluding hydrogens is 338 g/mol. The number of carbonyl (C=O) groups is 1. The van der Waals surface area contributed by atoms with Crippen molar-refractivity contribution >= 4 is 28.8 Å². The maximum Gasteiger partial charge on any atom is 0.338 e. The van der Waals surface area contributed by atoms with E-state index in [1.165, 1.54) is 18.5 Å². The number of fused-ring (bicyclic) bond motifs is 3. The number of nitro benzene ring substituents is 1. The van der Waals surface area contributed by atoms with Gasteiger partial charge in [-0.15, -0.1) is 0 Å². The molecule has 3 N–H and O–H groups in total. The van der Waals surface area contributed by atoms with Crippen molar-refractivity contribution in [1.29, 1.82) is 0 Å². The second-order valence-corrected chi connectivity index (χ2v) is 6.57. The third kappa shape index (κ3) is 2.53. The quantitative estimate of drug-likeness (QED) is 0.569. The van der Waals surface area contributed by atoms with Crippen LogP contribution in [-0.2, 0) is 17.8 Å². The molecule has 2 aliphatic rings. The number of nitrogens with one attached hydrogen (secondary N) is 2. The van der Waals surface area contributed by atoms with E-state index in [0.29, 0.717) is 6.54 Å². The zero-order chi connectivity index (χ0) is 18.5. The Balaban J connectivity index is 1.66. The molecule has 0 bridgehead atoms. The van der Waals surface area contributed by atoms with Crippen LogP contribution in [0.2, 0.25) is 0 Å². The Morgan fingerprint density at radius 3 is 2.92 bits per heavy atom. The van der Waals surface area contributed by atoms with E-state index in [4.69, 9.17) is 5.11 Å². The van der Waals surface area contributed by atoms with Gasteiger partial charge in [0.25, 0.3) is 5.69 Å². The van der Waals surface area contributed by atoms with Gasteiger partial charge in [-0.05, 0) is 18.6 Å². The Hall–Kier alpha value is -3.20. The Labute approximate surface area is 148 Å². The van der Waals surface area contributed by atoms with E-state index >= 15 is 0 Å². The summed E-state index contributed by atoms with van der Waals surface area (Å²) in [4.78, 5) is 31.5. The summed E-state index contributed by atoms with van der Waals surface area (Å²) in [6.07, 6.45) is 3.55. The van der Waals surface area contributed by atoms with E-state index < -0.39 is 16.7 Å². The first kappa shape index (κ1) is 16.3. The molecule has 26 heavy (non-hydrogen) atoms. The van der Waals surface area contributed by atoms with Gasteiger partial charge in [0.15, 0.2) is 5.79 Å². The number of rotatable bonds is 3. The van der Waals surface area contributed by atoms with Crippen LogP contribution in [0.3, 0.4) is 0 Å². The second-order valence-electron chi connectivity index (χ2n) is 6.57. The van der Waals surface area contributed by atoms with E-state index in [9.17, 15) is 14.9 Å². The van der Waals surface area contributed by atoms with E-state index in [2.05, 4.69) is 20.2 Å². The molecule has 0 saturated heterocycles. The number of hydrogen-bond acceptors (Lipinski definition) is 6. The Morgan fingerprint density at radius 2 is 2.27 bits per heavy atom.